The van der Waals surface area contributed by atoms with Crippen LogP contribution in [0.4, 0.5) is 8.78 Å². The molecule has 2 aromatic heterocycles. The van der Waals surface area contributed by atoms with Crippen molar-refractivity contribution in [2.45, 2.75) is 19.0 Å². The lowest BCUT2D eigenvalue weighted by Gasteiger charge is -2.21. The molecule has 1 unspecified atom stereocenters. The second-order valence-electron chi connectivity index (χ2n) is 6.05. The van der Waals surface area contributed by atoms with Crippen LogP contribution >= 0.6 is 11.3 Å². The minimum atomic E-state index is -0.649. The van der Waals surface area contributed by atoms with Crippen molar-refractivity contribution in [3.8, 4) is 11.3 Å². The fourth-order valence-electron chi connectivity index (χ4n) is 3.02. The Balaban J connectivity index is 1.58. The van der Waals surface area contributed by atoms with Crippen LogP contribution in [0.1, 0.15) is 23.0 Å². The van der Waals surface area contributed by atoms with Crippen molar-refractivity contribution in [1.82, 2.24) is 25.2 Å². The van der Waals surface area contributed by atoms with Crippen LogP contribution in [0, 0.1) is 11.6 Å². The number of aryl methyl sites for hydroxylation is 1. The third-order valence-corrected chi connectivity index (χ3v) is 5.04. The van der Waals surface area contributed by atoms with Crippen LogP contribution < -0.4 is 5.43 Å². The second kappa shape index (κ2) is 6.58. The molecule has 1 aliphatic heterocycles. The number of nitrogens with zero attached hydrogens (tertiary/aromatic N) is 4. The molecule has 9 heteroatoms. The van der Waals surface area contributed by atoms with E-state index in [4.69, 9.17) is 0 Å². The van der Waals surface area contributed by atoms with E-state index in [2.05, 4.69) is 15.5 Å². The predicted octanol–water partition coefficient (Wildman–Crippen LogP) is 2.80. The predicted molar refractivity (Wildman–Crippen MR) is 91.7 cm³/mol. The molecule has 0 saturated carbocycles. The van der Waals surface area contributed by atoms with Gasteiger partial charge in [-0.15, -0.1) is 11.3 Å². The van der Waals surface area contributed by atoms with Crippen molar-refractivity contribution < 1.29 is 13.6 Å². The lowest BCUT2D eigenvalue weighted by atomic mass is 10.1. The summed E-state index contributed by atoms with van der Waals surface area (Å²) in [5.41, 5.74) is 3.85. The van der Waals surface area contributed by atoms with Gasteiger partial charge in [0.05, 0.1) is 30.0 Å². The number of benzene rings is 1. The molecule has 1 atom stereocenters. The van der Waals surface area contributed by atoms with Crippen molar-refractivity contribution in [3.05, 3.63) is 58.2 Å². The van der Waals surface area contributed by atoms with Gasteiger partial charge in [-0.1, -0.05) is 6.07 Å². The first-order valence-electron chi connectivity index (χ1n) is 7.94. The van der Waals surface area contributed by atoms with Crippen LogP contribution in [0.2, 0.25) is 0 Å². The minimum absolute atomic E-state index is 0.0872. The van der Waals surface area contributed by atoms with E-state index in [0.717, 1.165) is 5.56 Å². The van der Waals surface area contributed by atoms with Crippen molar-refractivity contribution in [3.63, 3.8) is 0 Å². The van der Waals surface area contributed by atoms with Gasteiger partial charge in [-0.3, -0.25) is 14.9 Å². The average molecular weight is 375 g/mol. The molecule has 1 fully saturated rings. The first-order chi connectivity index (χ1) is 12.5. The van der Waals surface area contributed by atoms with Gasteiger partial charge < -0.3 is 0 Å². The molecule has 4 rings (SSSR count). The first-order valence-corrected chi connectivity index (χ1v) is 8.82. The fourth-order valence-corrected chi connectivity index (χ4v) is 3.80. The molecular formula is C17H15F2N5OS. The number of amides is 1. The molecule has 0 spiro atoms. The highest BCUT2D eigenvalue weighted by molar-refractivity contribution is 7.09. The molecule has 1 amide bonds. The van der Waals surface area contributed by atoms with E-state index >= 15 is 0 Å². The summed E-state index contributed by atoms with van der Waals surface area (Å²) in [4.78, 5) is 16.2. The van der Waals surface area contributed by atoms with E-state index < -0.39 is 11.6 Å². The maximum absolute atomic E-state index is 13.9. The number of thiazole rings is 1. The standard InChI is InChI=1S/C17H15F2N5OS/c1-23-7-10(6-20-23)14-5-15(25)22-24(14)8-16-21-13(9-26-16)17-11(18)3-2-4-12(17)19/h2-4,6-7,9,14H,5,8H2,1H3,(H,22,25). The Bertz CT molecular complexity index is 949. The van der Waals surface area contributed by atoms with Gasteiger partial charge in [0, 0.05) is 30.6 Å². The number of halogens is 2. The molecule has 134 valence electrons. The summed E-state index contributed by atoms with van der Waals surface area (Å²) in [7, 11) is 1.81. The van der Waals surface area contributed by atoms with E-state index in [1.807, 2.05) is 13.2 Å². The molecular weight excluding hydrogens is 360 g/mol. The summed E-state index contributed by atoms with van der Waals surface area (Å²) in [6.45, 7) is 0.339. The van der Waals surface area contributed by atoms with Gasteiger partial charge in [-0.05, 0) is 12.1 Å². The molecule has 0 bridgehead atoms. The van der Waals surface area contributed by atoms with Crippen LogP contribution in [0.3, 0.4) is 0 Å². The number of carbonyl (C=O) groups is 1. The smallest absolute Gasteiger partial charge is 0.236 e. The van der Waals surface area contributed by atoms with Gasteiger partial charge in [0.15, 0.2) is 0 Å². The van der Waals surface area contributed by atoms with Crippen molar-refractivity contribution in [2.24, 2.45) is 7.05 Å². The largest absolute Gasteiger partial charge is 0.288 e. The van der Waals surface area contributed by atoms with Crippen LogP contribution in [0.5, 0.6) is 0 Å². The van der Waals surface area contributed by atoms with Crippen LogP contribution in [0.25, 0.3) is 11.3 Å². The van der Waals surface area contributed by atoms with Gasteiger partial charge in [0.25, 0.3) is 0 Å². The Morgan fingerprint density at radius 3 is 2.81 bits per heavy atom. The molecule has 0 radical (unpaired) electrons. The molecule has 3 heterocycles. The zero-order chi connectivity index (χ0) is 18.3. The van der Waals surface area contributed by atoms with Crippen molar-refractivity contribution in [1.29, 1.82) is 0 Å². The number of hydrogen-bond acceptors (Lipinski definition) is 5. The lowest BCUT2D eigenvalue weighted by Crippen LogP contribution is -2.34. The Morgan fingerprint density at radius 2 is 2.12 bits per heavy atom. The van der Waals surface area contributed by atoms with E-state index in [9.17, 15) is 13.6 Å². The Kier molecular flexibility index (Phi) is 4.25. The zero-order valence-corrected chi connectivity index (χ0v) is 14.6. The van der Waals surface area contributed by atoms with Gasteiger partial charge in [-0.25, -0.2) is 18.8 Å². The molecule has 1 aromatic carbocycles. The normalized spacial score (nSPS) is 17.7. The number of carbonyl (C=O) groups excluding carboxylic acids is 1. The Hall–Kier alpha value is -2.65. The van der Waals surface area contributed by atoms with Gasteiger partial charge >= 0.3 is 0 Å². The third kappa shape index (κ3) is 3.11. The summed E-state index contributed by atoms with van der Waals surface area (Å²) in [6, 6.07) is 3.57. The first kappa shape index (κ1) is 16.8. The summed E-state index contributed by atoms with van der Waals surface area (Å²) in [5, 5.41) is 8.19. The average Bonchev–Trinajstić information content (AvgIpc) is 3.29. The molecule has 0 aliphatic carbocycles. The molecule has 6 nitrogen and oxygen atoms in total. The lowest BCUT2D eigenvalue weighted by molar-refractivity contribution is -0.121. The Labute approximate surface area is 152 Å². The van der Waals surface area contributed by atoms with Gasteiger partial charge in [0.1, 0.15) is 16.6 Å². The molecule has 1 saturated heterocycles. The maximum Gasteiger partial charge on any atom is 0.236 e. The van der Waals surface area contributed by atoms with Crippen molar-refractivity contribution in [2.75, 3.05) is 0 Å². The van der Waals surface area contributed by atoms with E-state index in [1.165, 1.54) is 29.5 Å². The number of nitrogens with one attached hydrogen (secondary N) is 1. The third-order valence-electron chi connectivity index (χ3n) is 4.21. The SMILES string of the molecule is Cn1cc(C2CC(=O)NN2Cc2nc(-c3c(F)cccc3F)cs2)cn1. The summed E-state index contributed by atoms with van der Waals surface area (Å²) in [5.74, 6) is -1.38. The monoisotopic (exact) mass is 375 g/mol. The van der Waals surface area contributed by atoms with Crippen LogP contribution in [0.15, 0.2) is 36.0 Å². The van der Waals surface area contributed by atoms with Gasteiger partial charge in [-0.2, -0.15) is 5.10 Å². The fraction of sp³-hybridized carbons (Fsp3) is 0.235. The minimum Gasteiger partial charge on any atom is -0.288 e. The molecule has 3 aromatic rings. The quantitative estimate of drug-likeness (QED) is 0.762. The summed E-state index contributed by atoms with van der Waals surface area (Å²) >= 11 is 1.29. The Morgan fingerprint density at radius 1 is 1.35 bits per heavy atom. The van der Waals surface area contributed by atoms with E-state index in [-0.39, 0.29) is 23.2 Å². The summed E-state index contributed by atoms with van der Waals surface area (Å²) < 4.78 is 29.5. The highest BCUT2D eigenvalue weighted by Gasteiger charge is 2.33. The van der Waals surface area contributed by atoms with Crippen LogP contribution in [-0.4, -0.2) is 25.7 Å². The molecule has 1 aliphatic rings. The number of aromatic nitrogens is 3. The highest BCUT2D eigenvalue weighted by atomic mass is 32.1. The number of hydrogen-bond donors (Lipinski definition) is 1. The van der Waals surface area contributed by atoms with E-state index in [0.29, 0.717) is 18.0 Å². The van der Waals surface area contributed by atoms with Gasteiger partial charge in [0.2, 0.25) is 5.91 Å². The molecule has 26 heavy (non-hydrogen) atoms. The topological polar surface area (TPSA) is 63.1 Å². The second-order valence-corrected chi connectivity index (χ2v) is 7.00. The number of rotatable bonds is 4. The van der Waals surface area contributed by atoms with E-state index in [1.54, 1.807) is 21.3 Å². The molecule has 1 N–H and O–H groups in total. The van der Waals surface area contributed by atoms with Crippen LogP contribution in [-0.2, 0) is 18.4 Å². The summed E-state index contributed by atoms with van der Waals surface area (Å²) in [6.07, 6.45) is 3.91. The maximum atomic E-state index is 13.9. The highest BCUT2D eigenvalue weighted by Crippen LogP contribution is 2.31. The number of hydrazine groups is 1. The van der Waals surface area contributed by atoms with Crippen molar-refractivity contribution >= 4 is 17.2 Å². The zero-order valence-electron chi connectivity index (χ0n) is 13.8.